The lowest BCUT2D eigenvalue weighted by atomic mass is 10.3. The molecule has 0 atom stereocenters. The van der Waals surface area contributed by atoms with E-state index >= 15 is 0 Å². The Balaban J connectivity index is 2.26. The summed E-state index contributed by atoms with van der Waals surface area (Å²) in [7, 11) is 1.63. The van der Waals surface area contributed by atoms with Gasteiger partial charge in [-0.3, -0.25) is 0 Å². The second-order valence-corrected chi connectivity index (χ2v) is 5.28. The van der Waals surface area contributed by atoms with Gasteiger partial charge in [0.1, 0.15) is 11.6 Å². The minimum atomic E-state index is 0.614. The fourth-order valence-corrected chi connectivity index (χ4v) is 2.43. The summed E-state index contributed by atoms with van der Waals surface area (Å²) in [5.41, 5.74) is 7.16. The van der Waals surface area contributed by atoms with Crippen molar-refractivity contribution in [3.63, 3.8) is 0 Å². The number of halogens is 2. The minimum Gasteiger partial charge on any atom is -0.496 e. The fourth-order valence-electron chi connectivity index (χ4n) is 1.43. The first-order chi connectivity index (χ1) is 8.60. The zero-order chi connectivity index (χ0) is 13.1. The van der Waals surface area contributed by atoms with Gasteiger partial charge in [0.05, 0.1) is 27.9 Å². The number of methoxy groups -OCH3 is 1. The second-order valence-electron chi connectivity index (χ2n) is 3.57. The van der Waals surface area contributed by atoms with E-state index in [2.05, 4.69) is 42.2 Å². The summed E-state index contributed by atoms with van der Waals surface area (Å²) in [4.78, 5) is 4.22. The lowest BCUT2D eigenvalue weighted by Gasteiger charge is -2.10. The molecule has 2 aromatic rings. The number of aromatic nitrogens is 1. The smallest absolute Gasteiger partial charge is 0.144 e. The first-order valence-corrected chi connectivity index (χ1v) is 6.70. The molecule has 0 aliphatic carbocycles. The number of hydrogen-bond donors (Lipinski definition) is 2. The minimum absolute atomic E-state index is 0.614. The lowest BCUT2D eigenvalue weighted by molar-refractivity contribution is 0.412. The number of pyridine rings is 1. The van der Waals surface area contributed by atoms with Crippen molar-refractivity contribution in [1.82, 2.24) is 4.98 Å². The number of nitrogens with one attached hydrogen (secondary N) is 1. The summed E-state index contributed by atoms with van der Waals surface area (Å²) in [6, 6.07) is 7.50. The van der Waals surface area contributed by atoms with Gasteiger partial charge >= 0.3 is 0 Å². The highest BCUT2D eigenvalue weighted by atomic mass is 79.9. The van der Waals surface area contributed by atoms with Crippen LogP contribution in [0.3, 0.4) is 0 Å². The Morgan fingerprint density at radius 1 is 1.22 bits per heavy atom. The molecular weight excluding hydrogens is 362 g/mol. The largest absolute Gasteiger partial charge is 0.496 e. The molecule has 1 aromatic heterocycles. The first kappa shape index (κ1) is 13.2. The van der Waals surface area contributed by atoms with Gasteiger partial charge in [-0.05, 0) is 56.1 Å². The third-order valence-corrected chi connectivity index (χ3v) is 3.50. The molecule has 0 aliphatic rings. The van der Waals surface area contributed by atoms with E-state index in [9.17, 15) is 0 Å². The van der Waals surface area contributed by atoms with E-state index in [4.69, 9.17) is 10.5 Å². The summed E-state index contributed by atoms with van der Waals surface area (Å²) in [6.07, 6.45) is 1.60. The van der Waals surface area contributed by atoms with E-state index in [1.165, 1.54) is 0 Å². The lowest BCUT2D eigenvalue weighted by Crippen LogP contribution is -1.96. The van der Waals surface area contributed by atoms with E-state index in [-0.39, 0.29) is 0 Å². The van der Waals surface area contributed by atoms with Crippen LogP contribution in [0.2, 0.25) is 0 Å². The van der Waals surface area contributed by atoms with Gasteiger partial charge in [-0.25, -0.2) is 4.98 Å². The molecule has 0 unspecified atom stereocenters. The molecule has 0 saturated carbocycles. The standard InChI is InChI=1S/C12H11Br2N3O/c1-18-11-3-2-8(5-9(11)13)17-12-10(14)4-7(15)6-16-12/h2-6H,15H2,1H3,(H,16,17). The summed E-state index contributed by atoms with van der Waals surface area (Å²) >= 11 is 6.84. The number of nitrogens with zero attached hydrogens (tertiary/aromatic N) is 1. The van der Waals surface area contributed by atoms with Crippen molar-refractivity contribution in [3.05, 3.63) is 39.4 Å². The van der Waals surface area contributed by atoms with Crippen molar-refractivity contribution in [2.75, 3.05) is 18.2 Å². The number of ether oxygens (including phenoxy) is 1. The van der Waals surface area contributed by atoms with E-state index in [1.807, 2.05) is 18.2 Å². The van der Waals surface area contributed by atoms with Crippen LogP contribution in [0.4, 0.5) is 17.2 Å². The third-order valence-electron chi connectivity index (χ3n) is 2.28. The zero-order valence-corrected chi connectivity index (χ0v) is 12.7. The number of nitrogens with two attached hydrogens (primary N) is 1. The predicted molar refractivity (Wildman–Crippen MR) is 80.3 cm³/mol. The molecular formula is C12H11Br2N3O. The van der Waals surface area contributed by atoms with Crippen LogP contribution in [0.5, 0.6) is 5.75 Å². The third kappa shape index (κ3) is 2.94. The molecule has 2 rings (SSSR count). The molecule has 94 valence electrons. The van der Waals surface area contributed by atoms with Crippen molar-refractivity contribution >= 4 is 49.1 Å². The number of nitrogen functional groups attached to an aromatic ring is 1. The van der Waals surface area contributed by atoms with Gasteiger partial charge < -0.3 is 15.8 Å². The van der Waals surface area contributed by atoms with Gasteiger partial charge in [0, 0.05) is 5.69 Å². The van der Waals surface area contributed by atoms with Crippen LogP contribution >= 0.6 is 31.9 Å². The highest BCUT2D eigenvalue weighted by molar-refractivity contribution is 9.11. The summed E-state index contributed by atoms with van der Waals surface area (Å²) < 4.78 is 6.86. The maximum atomic E-state index is 5.64. The Labute approximate surface area is 122 Å². The number of rotatable bonds is 3. The first-order valence-electron chi connectivity index (χ1n) is 5.11. The van der Waals surface area contributed by atoms with Crippen molar-refractivity contribution in [2.45, 2.75) is 0 Å². The molecule has 18 heavy (non-hydrogen) atoms. The molecule has 0 spiro atoms. The van der Waals surface area contributed by atoms with Crippen molar-refractivity contribution in [3.8, 4) is 5.75 Å². The molecule has 0 bridgehead atoms. The number of anilines is 3. The molecule has 0 fully saturated rings. The number of benzene rings is 1. The molecule has 3 N–H and O–H groups in total. The Morgan fingerprint density at radius 3 is 2.61 bits per heavy atom. The molecule has 1 heterocycles. The van der Waals surface area contributed by atoms with E-state index < -0.39 is 0 Å². The van der Waals surface area contributed by atoms with Crippen LogP contribution in [-0.2, 0) is 0 Å². The molecule has 0 radical (unpaired) electrons. The van der Waals surface area contributed by atoms with E-state index in [0.29, 0.717) is 11.5 Å². The SMILES string of the molecule is COc1ccc(Nc2ncc(N)cc2Br)cc1Br. The molecule has 6 heteroatoms. The highest BCUT2D eigenvalue weighted by Gasteiger charge is 2.05. The van der Waals surface area contributed by atoms with Gasteiger partial charge in [-0.15, -0.1) is 0 Å². The maximum absolute atomic E-state index is 5.64. The molecule has 1 aromatic carbocycles. The van der Waals surface area contributed by atoms with Crippen LogP contribution in [0.15, 0.2) is 39.4 Å². The van der Waals surface area contributed by atoms with Crippen LogP contribution < -0.4 is 15.8 Å². The monoisotopic (exact) mass is 371 g/mol. The molecule has 0 aliphatic heterocycles. The van der Waals surface area contributed by atoms with Crippen LogP contribution in [0, 0.1) is 0 Å². The average Bonchev–Trinajstić information content (AvgIpc) is 2.33. The van der Waals surface area contributed by atoms with Crippen molar-refractivity contribution < 1.29 is 4.74 Å². The Hall–Kier alpha value is -1.27. The van der Waals surface area contributed by atoms with Crippen LogP contribution in [0.25, 0.3) is 0 Å². The average molecular weight is 373 g/mol. The quantitative estimate of drug-likeness (QED) is 0.856. The van der Waals surface area contributed by atoms with Gasteiger partial charge in [-0.1, -0.05) is 0 Å². The summed E-state index contributed by atoms with van der Waals surface area (Å²) in [5.74, 6) is 1.49. The Morgan fingerprint density at radius 2 is 2.00 bits per heavy atom. The number of hydrogen-bond acceptors (Lipinski definition) is 4. The Kier molecular flexibility index (Phi) is 4.08. The van der Waals surface area contributed by atoms with Crippen molar-refractivity contribution in [1.29, 1.82) is 0 Å². The van der Waals surface area contributed by atoms with Gasteiger partial charge in [-0.2, -0.15) is 0 Å². The second kappa shape index (κ2) is 5.58. The van der Waals surface area contributed by atoms with Crippen molar-refractivity contribution in [2.24, 2.45) is 0 Å². The summed E-state index contributed by atoms with van der Waals surface area (Å²) in [5, 5.41) is 3.19. The van der Waals surface area contributed by atoms with E-state index in [1.54, 1.807) is 19.4 Å². The normalized spacial score (nSPS) is 10.2. The molecule has 0 amide bonds. The fraction of sp³-hybridized carbons (Fsp3) is 0.0833. The van der Waals surface area contributed by atoms with Gasteiger partial charge in [0.25, 0.3) is 0 Å². The zero-order valence-electron chi connectivity index (χ0n) is 9.58. The Bertz CT molecular complexity index is 575. The molecule has 0 saturated heterocycles. The van der Waals surface area contributed by atoms with Gasteiger partial charge in [0.15, 0.2) is 0 Å². The van der Waals surface area contributed by atoms with E-state index in [0.717, 1.165) is 20.4 Å². The topological polar surface area (TPSA) is 60.2 Å². The summed E-state index contributed by atoms with van der Waals surface area (Å²) in [6.45, 7) is 0. The highest BCUT2D eigenvalue weighted by Crippen LogP contribution is 2.30. The predicted octanol–water partition coefficient (Wildman–Crippen LogP) is 3.94. The molecule has 4 nitrogen and oxygen atoms in total. The van der Waals surface area contributed by atoms with Gasteiger partial charge in [0.2, 0.25) is 0 Å². The van der Waals surface area contributed by atoms with Crippen LogP contribution in [0.1, 0.15) is 0 Å². The van der Waals surface area contributed by atoms with Crippen LogP contribution in [-0.4, -0.2) is 12.1 Å². The maximum Gasteiger partial charge on any atom is 0.144 e.